The summed E-state index contributed by atoms with van der Waals surface area (Å²) in [4.78, 5) is 8.53. The third-order valence-electron chi connectivity index (χ3n) is 3.58. The van der Waals surface area contributed by atoms with Gasteiger partial charge in [0, 0.05) is 23.7 Å². The quantitative estimate of drug-likeness (QED) is 0.794. The maximum atomic E-state index is 9.37. The molecule has 0 aliphatic heterocycles. The zero-order chi connectivity index (χ0) is 16.8. The molecule has 4 heteroatoms. The van der Waals surface area contributed by atoms with Gasteiger partial charge in [0.2, 0.25) is 5.88 Å². The second kappa shape index (κ2) is 7.73. The van der Waals surface area contributed by atoms with Crippen molar-refractivity contribution in [1.29, 1.82) is 5.26 Å². The molecule has 0 fully saturated rings. The summed E-state index contributed by atoms with van der Waals surface area (Å²) >= 11 is 0. The maximum absolute atomic E-state index is 9.37. The number of nitriles is 1. The van der Waals surface area contributed by atoms with Crippen molar-refractivity contribution in [3.8, 4) is 23.1 Å². The number of ether oxygens (including phenoxy) is 1. The molecule has 0 saturated carbocycles. The third-order valence-corrected chi connectivity index (χ3v) is 3.58. The van der Waals surface area contributed by atoms with Crippen LogP contribution in [-0.4, -0.2) is 16.6 Å². The van der Waals surface area contributed by atoms with Crippen molar-refractivity contribution in [1.82, 2.24) is 9.97 Å². The fraction of sp³-hybridized carbons (Fsp3) is 0.421. The molecule has 1 unspecified atom stereocenters. The van der Waals surface area contributed by atoms with Crippen LogP contribution in [0.3, 0.4) is 0 Å². The molecule has 4 nitrogen and oxygen atoms in total. The number of hydrogen-bond donors (Lipinski definition) is 0. The highest BCUT2D eigenvalue weighted by molar-refractivity contribution is 5.65. The molecule has 0 radical (unpaired) electrons. The first kappa shape index (κ1) is 17.0. The van der Waals surface area contributed by atoms with Crippen LogP contribution in [0.15, 0.2) is 30.6 Å². The summed E-state index contributed by atoms with van der Waals surface area (Å²) in [5, 5.41) is 9.37. The summed E-state index contributed by atoms with van der Waals surface area (Å²) < 4.78 is 5.76. The van der Waals surface area contributed by atoms with Gasteiger partial charge in [0.15, 0.2) is 0 Å². The number of nitrogens with zero attached hydrogens (tertiary/aromatic N) is 3. The second-order valence-corrected chi connectivity index (χ2v) is 6.42. The Hall–Kier alpha value is -2.41. The predicted molar refractivity (Wildman–Crippen MR) is 91.0 cm³/mol. The molecule has 1 atom stereocenters. The van der Waals surface area contributed by atoms with E-state index < -0.39 is 0 Å². The third kappa shape index (κ3) is 4.79. The average Bonchev–Trinajstić information content (AvgIpc) is 2.52. The standard InChI is InChI=1S/C19H23N3O/c1-13(2)7-14(3)12-23-19-17(10-20)9-18(11-22-19)16-5-6-21-15(4)8-16/h5-6,8-9,11,13-14H,7,12H2,1-4H3. The van der Waals surface area contributed by atoms with Gasteiger partial charge in [0.05, 0.1) is 6.61 Å². The normalized spacial score (nSPS) is 12.0. The van der Waals surface area contributed by atoms with Gasteiger partial charge >= 0.3 is 0 Å². The smallest absolute Gasteiger partial charge is 0.231 e. The fourth-order valence-electron chi connectivity index (χ4n) is 2.62. The van der Waals surface area contributed by atoms with Crippen LogP contribution in [0.5, 0.6) is 5.88 Å². The summed E-state index contributed by atoms with van der Waals surface area (Å²) in [6.45, 7) is 9.06. The Morgan fingerprint density at radius 2 is 1.96 bits per heavy atom. The molecule has 23 heavy (non-hydrogen) atoms. The van der Waals surface area contributed by atoms with Gasteiger partial charge in [-0.05, 0) is 48.9 Å². The maximum Gasteiger partial charge on any atom is 0.231 e. The molecule has 0 saturated heterocycles. The lowest BCUT2D eigenvalue weighted by molar-refractivity contribution is 0.231. The largest absolute Gasteiger partial charge is 0.476 e. The number of hydrogen-bond acceptors (Lipinski definition) is 4. The zero-order valence-corrected chi connectivity index (χ0v) is 14.2. The van der Waals surface area contributed by atoms with E-state index in [0.29, 0.717) is 29.9 Å². The van der Waals surface area contributed by atoms with Gasteiger partial charge in [-0.2, -0.15) is 5.26 Å². The van der Waals surface area contributed by atoms with Crippen LogP contribution >= 0.6 is 0 Å². The van der Waals surface area contributed by atoms with E-state index in [1.165, 1.54) is 0 Å². The van der Waals surface area contributed by atoms with Crippen molar-refractivity contribution in [2.45, 2.75) is 34.1 Å². The van der Waals surface area contributed by atoms with Crippen molar-refractivity contribution in [2.75, 3.05) is 6.61 Å². The first-order chi connectivity index (χ1) is 11.0. The molecular formula is C19H23N3O. The highest BCUT2D eigenvalue weighted by Crippen LogP contribution is 2.24. The van der Waals surface area contributed by atoms with Crippen molar-refractivity contribution >= 4 is 0 Å². The molecule has 2 heterocycles. The molecule has 0 aliphatic rings. The molecule has 2 aromatic rings. The molecular weight excluding hydrogens is 286 g/mol. The van der Waals surface area contributed by atoms with E-state index in [9.17, 15) is 5.26 Å². The minimum Gasteiger partial charge on any atom is -0.476 e. The Balaban J connectivity index is 2.16. The Morgan fingerprint density at radius 3 is 2.61 bits per heavy atom. The summed E-state index contributed by atoms with van der Waals surface area (Å²) in [6, 6.07) is 7.89. The SMILES string of the molecule is Cc1cc(-c2cnc(OCC(C)CC(C)C)c(C#N)c2)ccn1. The monoisotopic (exact) mass is 309 g/mol. The van der Waals surface area contributed by atoms with Gasteiger partial charge in [0.1, 0.15) is 11.6 Å². The van der Waals surface area contributed by atoms with E-state index in [4.69, 9.17) is 4.74 Å². The van der Waals surface area contributed by atoms with E-state index in [2.05, 4.69) is 36.8 Å². The van der Waals surface area contributed by atoms with E-state index in [1.54, 1.807) is 12.4 Å². The highest BCUT2D eigenvalue weighted by atomic mass is 16.5. The van der Waals surface area contributed by atoms with E-state index >= 15 is 0 Å². The number of aromatic nitrogens is 2. The molecule has 120 valence electrons. The van der Waals surface area contributed by atoms with Crippen molar-refractivity contribution in [2.24, 2.45) is 11.8 Å². The lowest BCUT2D eigenvalue weighted by Gasteiger charge is -2.15. The minimum atomic E-state index is 0.414. The van der Waals surface area contributed by atoms with Crippen molar-refractivity contribution < 1.29 is 4.74 Å². The Morgan fingerprint density at radius 1 is 1.17 bits per heavy atom. The van der Waals surface area contributed by atoms with Crippen LogP contribution in [0.4, 0.5) is 0 Å². The molecule has 0 spiro atoms. The van der Waals surface area contributed by atoms with Crippen molar-refractivity contribution in [3.63, 3.8) is 0 Å². The molecule has 2 rings (SSSR count). The summed E-state index contributed by atoms with van der Waals surface area (Å²) in [5.74, 6) is 1.48. The molecule has 0 amide bonds. The Bertz CT molecular complexity index is 704. The predicted octanol–water partition coefficient (Wildman–Crippen LogP) is 4.38. The molecule has 0 aromatic carbocycles. The average molecular weight is 309 g/mol. The van der Waals surface area contributed by atoms with Crippen LogP contribution in [0.25, 0.3) is 11.1 Å². The van der Waals surface area contributed by atoms with E-state index in [1.807, 2.05) is 25.1 Å². The molecule has 0 aliphatic carbocycles. The summed E-state index contributed by atoms with van der Waals surface area (Å²) in [7, 11) is 0. The topological polar surface area (TPSA) is 58.8 Å². The number of aryl methyl sites for hydroxylation is 1. The minimum absolute atomic E-state index is 0.414. The van der Waals surface area contributed by atoms with Crippen LogP contribution in [0.2, 0.25) is 0 Å². The first-order valence-corrected chi connectivity index (χ1v) is 7.95. The van der Waals surface area contributed by atoms with Gasteiger partial charge < -0.3 is 4.74 Å². The van der Waals surface area contributed by atoms with Gasteiger partial charge in [-0.1, -0.05) is 20.8 Å². The first-order valence-electron chi connectivity index (χ1n) is 7.95. The number of pyridine rings is 2. The van der Waals surface area contributed by atoms with E-state index in [-0.39, 0.29) is 0 Å². The second-order valence-electron chi connectivity index (χ2n) is 6.42. The Labute approximate surface area is 138 Å². The summed E-state index contributed by atoms with van der Waals surface area (Å²) in [5.41, 5.74) is 3.30. The highest BCUT2D eigenvalue weighted by Gasteiger charge is 2.11. The van der Waals surface area contributed by atoms with Gasteiger partial charge in [-0.25, -0.2) is 4.98 Å². The van der Waals surface area contributed by atoms with Crippen LogP contribution in [0.1, 0.15) is 38.4 Å². The molecule has 0 bridgehead atoms. The molecule has 0 N–H and O–H groups in total. The van der Waals surface area contributed by atoms with Gasteiger partial charge in [-0.3, -0.25) is 4.98 Å². The Kier molecular flexibility index (Phi) is 5.70. The van der Waals surface area contributed by atoms with Crippen molar-refractivity contribution in [3.05, 3.63) is 41.9 Å². The lowest BCUT2D eigenvalue weighted by Crippen LogP contribution is -2.12. The van der Waals surface area contributed by atoms with Crippen LogP contribution in [0, 0.1) is 30.1 Å². The van der Waals surface area contributed by atoms with E-state index in [0.717, 1.165) is 23.2 Å². The fourth-order valence-corrected chi connectivity index (χ4v) is 2.62. The number of rotatable bonds is 6. The summed E-state index contributed by atoms with van der Waals surface area (Å²) in [6.07, 6.45) is 4.60. The van der Waals surface area contributed by atoms with Crippen LogP contribution in [-0.2, 0) is 0 Å². The van der Waals surface area contributed by atoms with Gasteiger partial charge in [0.25, 0.3) is 0 Å². The molecule has 2 aromatic heterocycles. The van der Waals surface area contributed by atoms with Gasteiger partial charge in [-0.15, -0.1) is 0 Å². The zero-order valence-electron chi connectivity index (χ0n) is 14.2. The van der Waals surface area contributed by atoms with Crippen LogP contribution < -0.4 is 4.74 Å². The lowest BCUT2D eigenvalue weighted by atomic mass is 10.00.